The molecule has 0 bridgehead atoms. The molecular formula is C8H9ClN2OS. The number of aromatic nitrogens is 2. The molecule has 1 heterocycles. The minimum absolute atomic E-state index is 0.0162. The fraction of sp³-hybridized carbons (Fsp3) is 0.250. The molecule has 5 heteroatoms. The second-order valence-corrected chi connectivity index (χ2v) is 3.54. The molecule has 0 saturated heterocycles. The SMILES string of the molecule is C=CCSc1cnc(CCl)nc1O. The van der Waals surface area contributed by atoms with Gasteiger partial charge in [0.25, 0.3) is 0 Å². The van der Waals surface area contributed by atoms with E-state index in [2.05, 4.69) is 16.5 Å². The third-order valence-corrected chi connectivity index (χ3v) is 2.50. The van der Waals surface area contributed by atoms with Crippen molar-refractivity contribution in [3.8, 4) is 5.88 Å². The lowest BCUT2D eigenvalue weighted by Crippen LogP contribution is -1.91. The fourth-order valence-electron chi connectivity index (χ4n) is 0.712. The van der Waals surface area contributed by atoms with Crippen molar-refractivity contribution in [2.24, 2.45) is 0 Å². The Bertz CT molecular complexity index is 306. The van der Waals surface area contributed by atoms with E-state index in [1.807, 2.05) is 0 Å². The van der Waals surface area contributed by atoms with Gasteiger partial charge in [0.15, 0.2) is 0 Å². The van der Waals surface area contributed by atoms with Gasteiger partial charge in [-0.3, -0.25) is 0 Å². The van der Waals surface area contributed by atoms with Gasteiger partial charge < -0.3 is 5.11 Å². The molecule has 0 atom stereocenters. The Balaban J connectivity index is 2.78. The van der Waals surface area contributed by atoms with Gasteiger partial charge in [-0.05, 0) is 0 Å². The van der Waals surface area contributed by atoms with Gasteiger partial charge in [-0.1, -0.05) is 6.08 Å². The van der Waals surface area contributed by atoms with Crippen LogP contribution in [0.3, 0.4) is 0 Å². The Morgan fingerprint density at radius 1 is 1.69 bits per heavy atom. The molecule has 1 aromatic rings. The van der Waals surface area contributed by atoms with Crippen LogP contribution in [0.4, 0.5) is 0 Å². The monoisotopic (exact) mass is 216 g/mol. The topological polar surface area (TPSA) is 46.0 Å². The van der Waals surface area contributed by atoms with Gasteiger partial charge in [0.05, 0.1) is 10.8 Å². The molecule has 1 rings (SSSR count). The lowest BCUT2D eigenvalue weighted by Gasteiger charge is -2.01. The van der Waals surface area contributed by atoms with Crippen LogP contribution in [-0.2, 0) is 5.88 Å². The molecule has 3 nitrogen and oxygen atoms in total. The summed E-state index contributed by atoms with van der Waals surface area (Å²) in [6.45, 7) is 3.57. The Morgan fingerprint density at radius 2 is 2.46 bits per heavy atom. The molecule has 0 unspecified atom stereocenters. The van der Waals surface area contributed by atoms with Gasteiger partial charge in [0.2, 0.25) is 5.88 Å². The number of nitrogens with zero attached hydrogens (tertiary/aromatic N) is 2. The molecule has 1 aromatic heterocycles. The van der Waals surface area contributed by atoms with Crippen molar-refractivity contribution in [2.75, 3.05) is 5.75 Å². The van der Waals surface area contributed by atoms with E-state index in [9.17, 15) is 5.11 Å². The first kappa shape index (κ1) is 10.3. The van der Waals surface area contributed by atoms with Gasteiger partial charge in [-0.25, -0.2) is 4.98 Å². The summed E-state index contributed by atoms with van der Waals surface area (Å²) in [4.78, 5) is 8.40. The largest absolute Gasteiger partial charge is 0.492 e. The van der Waals surface area contributed by atoms with Crippen LogP contribution in [0, 0.1) is 0 Å². The molecule has 0 aliphatic carbocycles. The standard InChI is InChI=1S/C8H9ClN2OS/c1-2-3-13-6-5-10-7(4-9)11-8(6)12/h2,5H,1,3-4H2,(H,10,11,12). The molecule has 0 amide bonds. The van der Waals surface area contributed by atoms with E-state index in [1.165, 1.54) is 11.8 Å². The summed E-state index contributed by atoms with van der Waals surface area (Å²) in [7, 11) is 0. The van der Waals surface area contributed by atoms with Crippen LogP contribution < -0.4 is 0 Å². The van der Waals surface area contributed by atoms with E-state index in [-0.39, 0.29) is 11.8 Å². The van der Waals surface area contributed by atoms with Gasteiger partial charge >= 0.3 is 0 Å². The van der Waals surface area contributed by atoms with Crippen LogP contribution in [0.5, 0.6) is 5.88 Å². The first-order valence-electron chi connectivity index (χ1n) is 3.62. The van der Waals surface area contributed by atoms with E-state index >= 15 is 0 Å². The van der Waals surface area contributed by atoms with Crippen molar-refractivity contribution >= 4 is 23.4 Å². The predicted molar refractivity (Wildman–Crippen MR) is 54.2 cm³/mol. The van der Waals surface area contributed by atoms with Crippen LogP contribution in [0.2, 0.25) is 0 Å². The zero-order valence-electron chi connectivity index (χ0n) is 6.90. The summed E-state index contributed by atoms with van der Waals surface area (Å²) < 4.78 is 0. The molecule has 0 radical (unpaired) electrons. The van der Waals surface area contributed by atoms with E-state index in [4.69, 9.17) is 11.6 Å². The van der Waals surface area contributed by atoms with E-state index in [0.717, 1.165) is 5.75 Å². The van der Waals surface area contributed by atoms with Crippen molar-refractivity contribution in [3.63, 3.8) is 0 Å². The van der Waals surface area contributed by atoms with Crippen molar-refractivity contribution < 1.29 is 5.11 Å². The van der Waals surface area contributed by atoms with Gasteiger partial charge in [0, 0.05) is 11.9 Å². The summed E-state index contributed by atoms with van der Waals surface area (Å²) in [5, 5.41) is 9.38. The molecule has 1 N–H and O–H groups in total. The number of alkyl halides is 1. The van der Waals surface area contributed by atoms with Crippen LogP contribution in [0.25, 0.3) is 0 Å². The molecular weight excluding hydrogens is 208 g/mol. The van der Waals surface area contributed by atoms with E-state index in [1.54, 1.807) is 12.3 Å². The maximum Gasteiger partial charge on any atom is 0.228 e. The van der Waals surface area contributed by atoms with Crippen molar-refractivity contribution in [1.29, 1.82) is 0 Å². The predicted octanol–water partition coefficient (Wildman–Crippen LogP) is 2.20. The first-order chi connectivity index (χ1) is 6.27. The Morgan fingerprint density at radius 3 is 3.00 bits per heavy atom. The van der Waals surface area contributed by atoms with Gasteiger partial charge in [0.1, 0.15) is 5.82 Å². The normalized spacial score (nSPS) is 9.92. The third-order valence-electron chi connectivity index (χ3n) is 1.26. The number of aromatic hydroxyl groups is 1. The minimum Gasteiger partial charge on any atom is -0.492 e. The minimum atomic E-state index is -0.0162. The van der Waals surface area contributed by atoms with Crippen LogP contribution >= 0.6 is 23.4 Å². The van der Waals surface area contributed by atoms with Gasteiger partial charge in [-0.2, -0.15) is 4.98 Å². The molecule has 0 saturated carbocycles. The number of halogens is 1. The number of hydrogen-bond donors (Lipinski definition) is 1. The average molecular weight is 217 g/mol. The van der Waals surface area contributed by atoms with Crippen molar-refractivity contribution in [1.82, 2.24) is 9.97 Å². The smallest absolute Gasteiger partial charge is 0.228 e. The van der Waals surface area contributed by atoms with Crippen molar-refractivity contribution in [2.45, 2.75) is 10.8 Å². The lowest BCUT2D eigenvalue weighted by atomic mass is 10.6. The summed E-state index contributed by atoms with van der Waals surface area (Å²) in [5.41, 5.74) is 0. The first-order valence-corrected chi connectivity index (χ1v) is 5.14. The molecule has 70 valence electrons. The highest BCUT2D eigenvalue weighted by Gasteiger charge is 2.04. The zero-order valence-corrected chi connectivity index (χ0v) is 8.48. The maximum atomic E-state index is 9.38. The molecule has 0 spiro atoms. The second-order valence-electron chi connectivity index (χ2n) is 2.21. The summed E-state index contributed by atoms with van der Waals surface area (Å²) in [6, 6.07) is 0. The molecule has 0 fully saturated rings. The van der Waals surface area contributed by atoms with E-state index < -0.39 is 0 Å². The maximum absolute atomic E-state index is 9.38. The summed E-state index contributed by atoms with van der Waals surface area (Å²) in [6.07, 6.45) is 3.31. The average Bonchev–Trinajstić information content (AvgIpc) is 2.16. The van der Waals surface area contributed by atoms with Crippen molar-refractivity contribution in [3.05, 3.63) is 24.7 Å². The molecule has 13 heavy (non-hydrogen) atoms. The molecule has 0 aliphatic rings. The summed E-state index contributed by atoms with van der Waals surface area (Å²) in [5.74, 6) is 1.34. The highest BCUT2D eigenvalue weighted by molar-refractivity contribution is 7.99. The van der Waals surface area contributed by atoms with Crippen LogP contribution in [-0.4, -0.2) is 20.8 Å². The summed E-state index contributed by atoms with van der Waals surface area (Å²) >= 11 is 6.93. The molecule has 0 aromatic carbocycles. The second kappa shape index (κ2) is 5.09. The van der Waals surface area contributed by atoms with Gasteiger partial charge in [-0.15, -0.1) is 29.9 Å². The Labute approximate surface area is 85.9 Å². The zero-order chi connectivity index (χ0) is 9.68. The highest BCUT2D eigenvalue weighted by atomic mass is 35.5. The third kappa shape index (κ3) is 2.90. The van der Waals surface area contributed by atoms with Crippen LogP contribution in [0.15, 0.2) is 23.7 Å². The fourth-order valence-corrected chi connectivity index (χ4v) is 1.44. The Hall–Kier alpha value is -0.740. The van der Waals surface area contributed by atoms with E-state index in [0.29, 0.717) is 10.7 Å². The Kier molecular flexibility index (Phi) is 4.05. The number of thioether (sulfide) groups is 1. The lowest BCUT2D eigenvalue weighted by molar-refractivity contribution is 0.435. The quantitative estimate of drug-likeness (QED) is 0.476. The van der Waals surface area contributed by atoms with Crippen LogP contribution in [0.1, 0.15) is 5.82 Å². The number of rotatable bonds is 4. The number of hydrogen-bond acceptors (Lipinski definition) is 4. The molecule has 0 aliphatic heterocycles. The highest BCUT2D eigenvalue weighted by Crippen LogP contribution is 2.25.